The van der Waals surface area contributed by atoms with Crippen LogP contribution in [0.25, 0.3) is 11.3 Å². The van der Waals surface area contributed by atoms with Gasteiger partial charge >= 0.3 is 0 Å². The van der Waals surface area contributed by atoms with Gasteiger partial charge in [-0.05, 0) is 35.9 Å². The van der Waals surface area contributed by atoms with Crippen molar-refractivity contribution >= 4 is 5.78 Å². The number of nitrogens with zero attached hydrogens (tertiary/aromatic N) is 2. The number of ketones is 1. The second kappa shape index (κ2) is 7.14. The number of aromatic amines is 1. The van der Waals surface area contributed by atoms with Crippen molar-refractivity contribution in [3.05, 3.63) is 71.9 Å². The zero-order chi connectivity index (χ0) is 16.9. The lowest BCUT2D eigenvalue weighted by Crippen LogP contribution is -2.11. The van der Waals surface area contributed by atoms with Crippen molar-refractivity contribution in [1.82, 2.24) is 15.2 Å². The van der Waals surface area contributed by atoms with Gasteiger partial charge in [0.15, 0.2) is 5.78 Å². The maximum absolute atomic E-state index is 13.3. The number of hydrogen-bond acceptors (Lipinski definition) is 4. The molecule has 2 N–H and O–H groups in total. The normalized spacial score (nSPS) is 12.1. The van der Waals surface area contributed by atoms with Gasteiger partial charge < -0.3 is 5.11 Å². The van der Waals surface area contributed by atoms with Crippen molar-refractivity contribution in [1.29, 1.82) is 0 Å². The molecule has 1 unspecified atom stereocenters. The molecule has 1 atom stereocenters. The van der Waals surface area contributed by atoms with E-state index < -0.39 is 5.92 Å². The number of carbonyl (C=O) groups is 1. The average Bonchev–Trinajstić information content (AvgIpc) is 3.10. The van der Waals surface area contributed by atoms with Crippen LogP contribution in [0.1, 0.15) is 28.4 Å². The molecule has 0 aliphatic heterocycles. The summed E-state index contributed by atoms with van der Waals surface area (Å²) in [6.07, 6.45) is 3.37. The Labute approximate surface area is 138 Å². The first-order valence-electron chi connectivity index (χ1n) is 7.52. The van der Waals surface area contributed by atoms with E-state index in [4.69, 9.17) is 0 Å². The van der Waals surface area contributed by atoms with Gasteiger partial charge in [-0.25, -0.2) is 4.39 Å². The van der Waals surface area contributed by atoms with Crippen LogP contribution in [0.5, 0.6) is 0 Å². The van der Waals surface area contributed by atoms with Gasteiger partial charge in [0.1, 0.15) is 11.5 Å². The SMILES string of the molecule is O=C(CC(CO)c1cccc(F)c1)c1cc(-c2ccncc2)n[nH]1. The van der Waals surface area contributed by atoms with Crippen molar-refractivity contribution in [3.63, 3.8) is 0 Å². The highest BCUT2D eigenvalue weighted by Gasteiger charge is 2.19. The zero-order valence-electron chi connectivity index (χ0n) is 12.8. The molecule has 2 aromatic heterocycles. The number of carbonyl (C=O) groups excluding carboxylic acids is 1. The smallest absolute Gasteiger partial charge is 0.181 e. The molecular formula is C18H16FN3O2. The quantitative estimate of drug-likeness (QED) is 0.683. The van der Waals surface area contributed by atoms with Gasteiger partial charge in [-0.2, -0.15) is 5.10 Å². The van der Waals surface area contributed by atoms with Crippen molar-refractivity contribution in [2.24, 2.45) is 0 Å². The van der Waals surface area contributed by atoms with Gasteiger partial charge in [0.25, 0.3) is 0 Å². The average molecular weight is 325 g/mol. The Morgan fingerprint density at radius 1 is 1.21 bits per heavy atom. The minimum atomic E-state index is -0.458. The molecule has 24 heavy (non-hydrogen) atoms. The van der Waals surface area contributed by atoms with Gasteiger partial charge in [0, 0.05) is 30.3 Å². The monoisotopic (exact) mass is 325 g/mol. The van der Waals surface area contributed by atoms with Gasteiger partial charge in [0.2, 0.25) is 0 Å². The molecule has 6 heteroatoms. The highest BCUT2D eigenvalue weighted by Crippen LogP contribution is 2.23. The van der Waals surface area contributed by atoms with E-state index in [1.165, 1.54) is 12.1 Å². The van der Waals surface area contributed by atoms with Crippen LogP contribution in [0.2, 0.25) is 0 Å². The van der Waals surface area contributed by atoms with Crippen molar-refractivity contribution < 1.29 is 14.3 Å². The number of hydrogen-bond donors (Lipinski definition) is 2. The molecule has 0 amide bonds. The molecule has 0 radical (unpaired) electrons. The van der Waals surface area contributed by atoms with Crippen LogP contribution in [0.3, 0.4) is 0 Å². The molecule has 3 rings (SSSR count). The number of rotatable bonds is 6. The Balaban J connectivity index is 1.76. The summed E-state index contributed by atoms with van der Waals surface area (Å²) in [5.41, 5.74) is 2.45. The summed E-state index contributed by atoms with van der Waals surface area (Å²) in [6, 6.07) is 11.2. The summed E-state index contributed by atoms with van der Waals surface area (Å²) in [5, 5.41) is 16.4. The molecule has 0 aliphatic rings. The van der Waals surface area contributed by atoms with Crippen LogP contribution in [-0.4, -0.2) is 32.7 Å². The molecule has 0 spiro atoms. The third-order valence-electron chi connectivity index (χ3n) is 3.83. The van der Waals surface area contributed by atoms with E-state index in [1.54, 1.807) is 42.7 Å². The second-order valence-corrected chi connectivity index (χ2v) is 5.46. The molecule has 3 aromatic rings. The molecular weight excluding hydrogens is 309 g/mol. The van der Waals surface area contributed by atoms with Gasteiger partial charge in [0.05, 0.1) is 12.3 Å². The topological polar surface area (TPSA) is 78.9 Å². The lowest BCUT2D eigenvalue weighted by atomic mass is 9.93. The lowest BCUT2D eigenvalue weighted by Gasteiger charge is -2.13. The van der Waals surface area contributed by atoms with E-state index in [-0.39, 0.29) is 24.6 Å². The summed E-state index contributed by atoms with van der Waals surface area (Å²) in [4.78, 5) is 16.4. The number of H-pyrrole nitrogens is 1. The number of aliphatic hydroxyl groups is 1. The maximum atomic E-state index is 13.3. The summed E-state index contributed by atoms with van der Waals surface area (Å²) in [6.45, 7) is -0.236. The van der Waals surface area contributed by atoms with Crippen LogP contribution in [0.4, 0.5) is 4.39 Å². The molecule has 5 nitrogen and oxygen atoms in total. The third-order valence-corrected chi connectivity index (χ3v) is 3.83. The molecule has 0 fully saturated rings. The number of nitrogens with one attached hydrogen (secondary N) is 1. The van der Waals surface area contributed by atoms with Gasteiger partial charge in [-0.15, -0.1) is 0 Å². The largest absolute Gasteiger partial charge is 0.396 e. The minimum absolute atomic E-state index is 0.0674. The number of benzene rings is 1. The first kappa shape index (κ1) is 16.0. The van der Waals surface area contributed by atoms with E-state index in [9.17, 15) is 14.3 Å². The molecule has 0 bridgehead atoms. The fourth-order valence-electron chi connectivity index (χ4n) is 2.52. The molecule has 0 aliphatic carbocycles. The Morgan fingerprint density at radius 3 is 2.71 bits per heavy atom. The van der Waals surface area contributed by atoms with Crippen LogP contribution in [-0.2, 0) is 0 Å². The van der Waals surface area contributed by atoms with E-state index in [1.807, 2.05) is 0 Å². The number of pyridine rings is 1. The van der Waals surface area contributed by atoms with Crippen molar-refractivity contribution in [2.45, 2.75) is 12.3 Å². The molecule has 1 aromatic carbocycles. The number of Topliss-reactive ketones (excluding diaryl/α,β-unsaturated/α-hetero) is 1. The van der Waals surface area contributed by atoms with Gasteiger partial charge in [-0.1, -0.05) is 12.1 Å². The highest BCUT2D eigenvalue weighted by molar-refractivity contribution is 5.95. The zero-order valence-corrected chi connectivity index (χ0v) is 12.8. The fraction of sp³-hybridized carbons (Fsp3) is 0.167. The number of aromatic nitrogens is 3. The summed E-state index contributed by atoms with van der Waals surface area (Å²) >= 11 is 0. The fourth-order valence-corrected chi connectivity index (χ4v) is 2.52. The minimum Gasteiger partial charge on any atom is -0.396 e. The summed E-state index contributed by atoms with van der Waals surface area (Å²) < 4.78 is 13.3. The Bertz CT molecular complexity index is 833. The van der Waals surface area contributed by atoms with E-state index in [2.05, 4.69) is 15.2 Å². The molecule has 122 valence electrons. The predicted molar refractivity (Wildman–Crippen MR) is 87.0 cm³/mol. The van der Waals surface area contributed by atoms with Crippen LogP contribution in [0, 0.1) is 5.82 Å². The van der Waals surface area contributed by atoms with E-state index in [0.29, 0.717) is 17.0 Å². The van der Waals surface area contributed by atoms with Crippen LogP contribution >= 0.6 is 0 Å². The first-order valence-corrected chi connectivity index (χ1v) is 7.52. The van der Waals surface area contributed by atoms with Crippen LogP contribution in [0.15, 0.2) is 54.9 Å². The predicted octanol–water partition coefficient (Wildman–Crippen LogP) is 2.96. The highest BCUT2D eigenvalue weighted by atomic mass is 19.1. The van der Waals surface area contributed by atoms with E-state index in [0.717, 1.165) is 5.56 Å². The summed E-state index contributed by atoms with van der Waals surface area (Å²) in [7, 11) is 0. The maximum Gasteiger partial charge on any atom is 0.181 e. The molecule has 0 saturated heterocycles. The van der Waals surface area contributed by atoms with Crippen molar-refractivity contribution in [2.75, 3.05) is 6.61 Å². The summed E-state index contributed by atoms with van der Waals surface area (Å²) in [5.74, 6) is -1.04. The Hall–Kier alpha value is -2.86. The van der Waals surface area contributed by atoms with Crippen LogP contribution < -0.4 is 0 Å². The Kier molecular flexibility index (Phi) is 4.77. The number of halogens is 1. The first-order chi connectivity index (χ1) is 11.7. The standard InChI is InChI=1S/C18H16FN3O2/c19-15-3-1-2-13(8-15)14(11-23)9-18(24)17-10-16(21-22-17)12-4-6-20-7-5-12/h1-8,10,14,23H,9,11H2,(H,21,22). The van der Waals surface area contributed by atoms with E-state index >= 15 is 0 Å². The number of aliphatic hydroxyl groups excluding tert-OH is 1. The lowest BCUT2D eigenvalue weighted by molar-refractivity contribution is 0.0955. The Morgan fingerprint density at radius 2 is 2.00 bits per heavy atom. The van der Waals surface area contributed by atoms with Gasteiger partial charge in [-0.3, -0.25) is 14.9 Å². The molecule has 0 saturated carbocycles. The molecule has 2 heterocycles. The van der Waals surface area contributed by atoms with Crippen molar-refractivity contribution in [3.8, 4) is 11.3 Å². The second-order valence-electron chi connectivity index (χ2n) is 5.46. The third kappa shape index (κ3) is 3.55.